The van der Waals surface area contributed by atoms with E-state index >= 15 is 0 Å². The predicted molar refractivity (Wildman–Crippen MR) is 68.9 cm³/mol. The summed E-state index contributed by atoms with van der Waals surface area (Å²) >= 11 is 5.93. The van der Waals surface area contributed by atoms with E-state index in [1.165, 1.54) is 19.3 Å². The highest BCUT2D eigenvalue weighted by molar-refractivity contribution is 6.30. The van der Waals surface area contributed by atoms with Gasteiger partial charge in [0.2, 0.25) is 0 Å². The molecule has 0 atom stereocenters. The van der Waals surface area contributed by atoms with Gasteiger partial charge >= 0.3 is 5.97 Å². The molecule has 0 spiro atoms. The van der Waals surface area contributed by atoms with Crippen molar-refractivity contribution in [2.24, 2.45) is 0 Å². The Kier molecular flexibility index (Phi) is 3.89. The molecule has 1 aromatic carbocycles. The summed E-state index contributed by atoms with van der Waals surface area (Å²) in [5.41, 5.74) is 1.84. The van der Waals surface area contributed by atoms with E-state index in [0.717, 1.165) is 24.3 Å². The molecular weight excluding hydrogens is 238 g/mol. The Bertz CT molecular complexity index is 414. The molecule has 0 aromatic heterocycles. The molecule has 0 aliphatic carbocycles. The summed E-state index contributed by atoms with van der Waals surface area (Å²) in [6, 6.07) is 5.53. The Morgan fingerprint density at radius 1 is 1.29 bits per heavy atom. The maximum Gasteiger partial charge on any atom is 0.307 e. The first kappa shape index (κ1) is 12.2. The standard InChI is InChI=1S/C13H16ClNO2/c14-11-4-5-12(10(8-11)9-13(16)17)15-6-2-1-3-7-15/h4-5,8H,1-3,6-7,9H2,(H,16,17). The second kappa shape index (κ2) is 5.41. The molecule has 3 nitrogen and oxygen atoms in total. The van der Waals surface area contributed by atoms with Crippen LogP contribution in [0.3, 0.4) is 0 Å². The smallest absolute Gasteiger partial charge is 0.307 e. The van der Waals surface area contributed by atoms with Gasteiger partial charge in [0, 0.05) is 23.8 Å². The highest BCUT2D eigenvalue weighted by Crippen LogP contribution is 2.27. The van der Waals surface area contributed by atoms with E-state index in [1.54, 1.807) is 6.07 Å². The molecule has 1 saturated heterocycles. The minimum atomic E-state index is -0.814. The lowest BCUT2D eigenvalue weighted by Gasteiger charge is -2.30. The molecule has 1 N–H and O–H groups in total. The number of halogens is 1. The third-order valence-electron chi connectivity index (χ3n) is 3.08. The summed E-state index contributed by atoms with van der Waals surface area (Å²) in [6.45, 7) is 2.02. The summed E-state index contributed by atoms with van der Waals surface area (Å²) < 4.78 is 0. The van der Waals surface area contributed by atoms with E-state index in [9.17, 15) is 4.79 Å². The Morgan fingerprint density at radius 3 is 2.65 bits per heavy atom. The van der Waals surface area contributed by atoms with Crippen molar-refractivity contribution in [3.05, 3.63) is 28.8 Å². The van der Waals surface area contributed by atoms with E-state index in [0.29, 0.717) is 5.02 Å². The fourth-order valence-corrected chi connectivity index (χ4v) is 2.50. The molecule has 2 rings (SSSR count). The Balaban J connectivity index is 2.27. The van der Waals surface area contributed by atoms with Crippen molar-refractivity contribution in [2.45, 2.75) is 25.7 Å². The van der Waals surface area contributed by atoms with Crippen LogP contribution in [-0.4, -0.2) is 24.2 Å². The van der Waals surface area contributed by atoms with Crippen LogP contribution in [-0.2, 0) is 11.2 Å². The quantitative estimate of drug-likeness (QED) is 0.900. The van der Waals surface area contributed by atoms with Crippen LogP contribution in [0.15, 0.2) is 18.2 Å². The molecule has 92 valence electrons. The normalized spacial score (nSPS) is 15.9. The van der Waals surface area contributed by atoms with Gasteiger partial charge < -0.3 is 10.0 Å². The summed E-state index contributed by atoms with van der Waals surface area (Å²) in [4.78, 5) is 13.1. The van der Waals surface area contributed by atoms with Crippen LogP contribution in [0.5, 0.6) is 0 Å². The number of nitrogens with zero attached hydrogens (tertiary/aromatic N) is 1. The summed E-state index contributed by atoms with van der Waals surface area (Å²) in [5, 5.41) is 9.52. The van der Waals surface area contributed by atoms with Gasteiger partial charge in [0.15, 0.2) is 0 Å². The van der Waals surface area contributed by atoms with E-state index in [1.807, 2.05) is 12.1 Å². The summed E-state index contributed by atoms with van der Waals surface area (Å²) in [6.07, 6.45) is 3.65. The van der Waals surface area contributed by atoms with Gasteiger partial charge in [-0.1, -0.05) is 11.6 Å². The van der Waals surface area contributed by atoms with Crippen LogP contribution in [0.2, 0.25) is 5.02 Å². The van der Waals surface area contributed by atoms with Gasteiger partial charge in [-0.2, -0.15) is 0 Å². The molecule has 1 fully saturated rings. The molecule has 1 aliphatic heterocycles. The number of anilines is 1. The van der Waals surface area contributed by atoms with Gasteiger partial charge in [0.05, 0.1) is 6.42 Å². The van der Waals surface area contributed by atoms with Crippen molar-refractivity contribution in [3.63, 3.8) is 0 Å². The van der Waals surface area contributed by atoms with Crippen molar-refractivity contribution in [1.82, 2.24) is 0 Å². The Morgan fingerprint density at radius 2 is 2.00 bits per heavy atom. The van der Waals surface area contributed by atoms with Gasteiger partial charge in [0.25, 0.3) is 0 Å². The first-order valence-corrected chi connectivity index (χ1v) is 6.30. The molecule has 1 heterocycles. The van der Waals surface area contributed by atoms with E-state index in [4.69, 9.17) is 16.7 Å². The number of carbonyl (C=O) groups is 1. The zero-order chi connectivity index (χ0) is 12.3. The number of rotatable bonds is 3. The maximum atomic E-state index is 10.9. The van der Waals surface area contributed by atoms with Crippen LogP contribution in [0.1, 0.15) is 24.8 Å². The van der Waals surface area contributed by atoms with Crippen LogP contribution < -0.4 is 4.90 Å². The minimum Gasteiger partial charge on any atom is -0.481 e. The van der Waals surface area contributed by atoms with Crippen LogP contribution in [0, 0.1) is 0 Å². The van der Waals surface area contributed by atoms with E-state index < -0.39 is 5.97 Å². The number of aliphatic carboxylic acids is 1. The highest BCUT2D eigenvalue weighted by Gasteiger charge is 2.16. The molecular formula is C13H16ClNO2. The first-order valence-electron chi connectivity index (χ1n) is 5.92. The average Bonchev–Trinajstić information content (AvgIpc) is 2.29. The summed E-state index contributed by atoms with van der Waals surface area (Å²) in [7, 11) is 0. The molecule has 17 heavy (non-hydrogen) atoms. The molecule has 1 aromatic rings. The van der Waals surface area contributed by atoms with Crippen molar-refractivity contribution >= 4 is 23.3 Å². The second-order valence-corrected chi connectivity index (χ2v) is 4.83. The predicted octanol–water partition coefficient (Wildman–Crippen LogP) is 2.96. The number of carboxylic acids is 1. The Labute approximate surface area is 106 Å². The van der Waals surface area contributed by atoms with E-state index in [-0.39, 0.29) is 6.42 Å². The number of hydrogen-bond acceptors (Lipinski definition) is 2. The van der Waals surface area contributed by atoms with Crippen molar-refractivity contribution in [2.75, 3.05) is 18.0 Å². The number of carboxylic acid groups (broad SMARTS) is 1. The van der Waals surface area contributed by atoms with Gasteiger partial charge in [0.1, 0.15) is 0 Å². The van der Waals surface area contributed by atoms with Gasteiger partial charge in [-0.3, -0.25) is 4.79 Å². The van der Waals surface area contributed by atoms with Crippen LogP contribution >= 0.6 is 11.6 Å². The lowest BCUT2D eigenvalue weighted by Crippen LogP contribution is -2.30. The lowest BCUT2D eigenvalue weighted by atomic mass is 10.1. The molecule has 0 saturated carbocycles. The zero-order valence-electron chi connectivity index (χ0n) is 9.66. The van der Waals surface area contributed by atoms with E-state index in [2.05, 4.69) is 4.90 Å². The highest BCUT2D eigenvalue weighted by atomic mass is 35.5. The first-order chi connectivity index (χ1) is 8.16. The molecule has 0 bridgehead atoms. The molecule has 0 amide bonds. The molecule has 0 unspecified atom stereocenters. The number of piperidine rings is 1. The van der Waals surface area contributed by atoms with Gasteiger partial charge in [-0.25, -0.2) is 0 Å². The van der Waals surface area contributed by atoms with Crippen molar-refractivity contribution in [1.29, 1.82) is 0 Å². The number of hydrogen-bond donors (Lipinski definition) is 1. The van der Waals surface area contributed by atoms with Crippen molar-refractivity contribution < 1.29 is 9.90 Å². The zero-order valence-corrected chi connectivity index (χ0v) is 10.4. The molecule has 0 radical (unpaired) electrons. The van der Waals surface area contributed by atoms with Crippen molar-refractivity contribution in [3.8, 4) is 0 Å². The van der Waals surface area contributed by atoms with Crippen LogP contribution in [0.25, 0.3) is 0 Å². The minimum absolute atomic E-state index is 0.0341. The van der Waals surface area contributed by atoms with Gasteiger partial charge in [-0.15, -0.1) is 0 Å². The number of benzene rings is 1. The summed E-state index contributed by atoms with van der Waals surface area (Å²) in [5.74, 6) is -0.814. The molecule has 4 heteroatoms. The third kappa shape index (κ3) is 3.13. The lowest BCUT2D eigenvalue weighted by molar-refractivity contribution is -0.136. The monoisotopic (exact) mass is 253 g/mol. The molecule has 1 aliphatic rings. The van der Waals surface area contributed by atoms with Crippen LogP contribution in [0.4, 0.5) is 5.69 Å². The largest absolute Gasteiger partial charge is 0.481 e. The fourth-order valence-electron chi connectivity index (χ4n) is 2.30. The fraction of sp³-hybridized carbons (Fsp3) is 0.462. The third-order valence-corrected chi connectivity index (χ3v) is 3.32. The SMILES string of the molecule is O=C(O)Cc1cc(Cl)ccc1N1CCCCC1. The maximum absolute atomic E-state index is 10.9. The topological polar surface area (TPSA) is 40.5 Å². The van der Waals surface area contributed by atoms with Gasteiger partial charge in [-0.05, 0) is 43.0 Å². The second-order valence-electron chi connectivity index (χ2n) is 4.39. The Hall–Kier alpha value is -1.22. The average molecular weight is 254 g/mol.